The number of hydrogen-bond donors (Lipinski definition) is 2. The third-order valence-corrected chi connectivity index (χ3v) is 9.95. The maximum atomic E-state index is 12.6. The van der Waals surface area contributed by atoms with Crippen LogP contribution in [-0.2, 0) is 28.5 Å². The van der Waals surface area contributed by atoms with Crippen molar-refractivity contribution in [3.63, 3.8) is 0 Å². The zero-order valence-electron chi connectivity index (χ0n) is 29.0. The van der Waals surface area contributed by atoms with Crippen LogP contribution >= 0.6 is 0 Å². The fourth-order valence-electron chi connectivity index (χ4n) is 8.12. The van der Waals surface area contributed by atoms with E-state index in [4.69, 9.17) is 18.9 Å². The maximum absolute atomic E-state index is 12.6. The standard InChI is InChI=1S/C36H62N2O8/c1-35(2)23-30(22-32(40)44-19-10-18-43-31(39)17-16-28-12-6-4-7-13-28)24-36(3,26-35)27-38-34(42)46-21-11-20-45-33(41)37-25-29-14-8-5-9-15-29/h28-30H,4-27H2,1-3H3,(H,37,41)(H,38,42). The quantitative estimate of drug-likeness (QED) is 0.0942. The lowest BCUT2D eigenvalue weighted by molar-refractivity contribution is -0.147. The van der Waals surface area contributed by atoms with Crippen molar-refractivity contribution in [3.8, 4) is 0 Å². The average Bonchev–Trinajstić information content (AvgIpc) is 3.01. The van der Waals surface area contributed by atoms with Crippen LogP contribution in [0.15, 0.2) is 0 Å². The maximum Gasteiger partial charge on any atom is 0.407 e. The first-order chi connectivity index (χ1) is 22.0. The fourth-order valence-corrected chi connectivity index (χ4v) is 8.12. The van der Waals surface area contributed by atoms with Gasteiger partial charge in [0, 0.05) is 38.8 Å². The Balaban J connectivity index is 1.23. The monoisotopic (exact) mass is 650 g/mol. The molecule has 3 rings (SSSR count). The van der Waals surface area contributed by atoms with Crippen LogP contribution in [0.4, 0.5) is 9.59 Å². The molecule has 0 aromatic heterocycles. The van der Waals surface area contributed by atoms with Crippen LogP contribution in [0.3, 0.4) is 0 Å². The van der Waals surface area contributed by atoms with Gasteiger partial charge in [0.05, 0.1) is 26.4 Å². The van der Waals surface area contributed by atoms with E-state index < -0.39 is 12.2 Å². The van der Waals surface area contributed by atoms with Crippen molar-refractivity contribution >= 4 is 24.1 Å². The van der Waals surface area contributed by atoms with Gasteiger partial charge in [-0.3, -0.25) is 9.59 Å². The van der Waals surface area contributed by atoms with E-state index in [9.17, 15) is 19.2 Å². The van der Waals surface area contributed by atoms with Gasteiger partial charge < -0.3 is 29.6 Å². The van der Waals surface area contributed by atoms with Gasteiger partial charge in [-0.15, -0.1) is 0 Å². The first-order valence-electron chi connectivity index (χ1n) is 18.1. The Labute approximate surface area is 277 Å². The van der Waals surface area contributed by atoms with Gasteiger partial charge in [0.1, 0.15) is 0 Å². The number of nitrogens with one attached hydrogen (secondary N) is 2. The Morgan fingerprint density at radius 1 is 0.630 bits per heavy atom. The van der Waals surface area contributed by atoms with Gasteiger partial charge in [0.15, 0.2) is 0 Å². The Morgan fingerprint density at radius 3 is 1.80 bits per heavy atom. The summed E-state index contributed by atoms with van der Waals surface area (Å²) in [5, 5.41) is 5.75. The summed E-state index contributed by atoms with van der Waals surface area (Å²) in [5.74, 6) is 0.967. The number of alkyl carbamates (subject to hydrolysis) is 2. The van der Waals surface area contributed by atoms with Crippen molar-refractivity contribution in [1.29, 1.82) is 0 Å². The summed E-state index contributed by atoms with van der Waals surface area (Å²) in [6, 6.07) is 0. The fraction of sp³-hybridized carbons (Fsp3) is 0.889. The van der Waals surface area contributed by atoms with E-state index in [1.165, 1.54) is 51.4 Å². The summed E-state index contributed by atoms with van der Waals surface area (Å²) >= 11 is 0. The minimum Gasteiger partial charge on any atom is -0.466 e. The number of carbonyl (C=O) groups excluding carboxylic acids is 4. The van der Waals surface area contributed by atoms with Crippen LogP contribution in [0.25, 0.3) is 0 Å². The minimum atomic E-state index is -0.489. The van der Waals surface area contributed by atoms with Gasteiger partial charge in [-0.05, 0) is 67.1 Å². The summed E-state index contributed by atoms with van der Waals surface area (Å²) in [4.78, 5) is 49.0. The highest BCUT2D eigenvalue weighted by atomic mass is 16.6. The first kappa shape index (κ1) is 37.9. The van der Waals surface area contributed by atoms with E-state index in [0.717, 1.165) is 38.5 Å². The zero-order valence-corrected chi connectivity index (χ0v) is 29.0. The highest BCUT2D eigenvalue weighted by molar-refractivity contribution is 5.70. The number of esters is 2. The summed E-state index contributed by atoms with van der Waals surface area (Å²) < 4.78 is 21.3. The number of rotatable bonds is 17. The molecule has 2 amide bonds. The third-order valence-electron chi connectivity index (χ3n) is 9.95. The molecule has 0 saturated heterocycles. The van der Waals surface area contributed by atoms with Crippen molar-refractivity contribution in [2.24, 2.45) is 28.6 Å². The third kappa shape index (κ3) is 15.9. The van der Waals surface area contributed by atoms with Gasteiger partial charge in [0.2, 0.25) is 0 Å². The molecule has 3 saturated carbocycles. The molecule has 264 valence electrons. The molecule has 0 radical (unpaired) electrons. The molecule has 0 bridgehead atoms. The van der Waals surface area contributed by atoms with Crippen LogP contribution in [0.1, 0.15) is 136 Å². The molecule has 0 aliphatic heterocycles. The molecule has 3 aliphatic carbocycles. The normalized spacial score (nSPS) is 23.6. The molecule has 3 fully saturated rings. The molecule has 2 atom stereocenters. The molecule has 0 spiro atoms. The minimum absolute atomic E-state index is 0.0181. The highest BCUT2D eigenvalue weighted by Gasteiger charge is 2.42. The van der Waals surface area contributed by atoms with E-state index in [2.05, 4.69) is 31.4 Å². The second kappa shape index (κ2) is 20.0. The number of amides is 2. The second-order valence-electron chi connectivity index (χ2n) is 15.3. The lowest BCUT2D eigenvalue weighted by Gasteiger charge is -2.46. The first-order valence-corrected chi connectivity index (χ1v) is 18.1. The lowest BCUT2D eigenvalue weighted by atomic mass is 9.60. The predicted molar refractivity (Wildman–Crippen MR) is 176 cm³/mol. The Morgan fingerprint density at radius 2 is 1.17 bits per heavy atom. The van der Waals surface area contributed by atoms with E-state index in [0.29, 0.717) is 50.6 Å². The summed E-state index contributed by atoms with van der Waals surface area (Å²) in [6.07, 6.45) is 16.8. The molecular weight excluding hydrogens is 588 g/mol. The highest BCUT2D eigenvalue weighted by Crippen LogP contribution is 2.49. The van der Waals surface area contributed by atoms with Crippen LogP contribution in [0, 0.1) is 28.6 Å². The van der Waals surface area contributed by atoms with Crippen LogP contribution in [0.2, 0.25) is 0 Å². The predicted octanol–water partition coefficient (Wildman–Crippen LogP) is 7.47. The summed E-state index contributed by atoms with van der Waals surface area (Å²) in [5.41, 5.74) is -0.165. The van der Waals surface area contributed by atoms with Crippen molar-refractivity contribution in [2.45, 2.75) is 136 Å². The SMILES string of the molecule is CC1(C)CC(CC(=O)OCCCOC(=O)CCC2CCCCC2)CC(C)(CNC(=O)OCCCOC(=O)NCC2CCCCC2)C1. The van der Waals surface area contributed by atoms with Crippen molar-refractivity contribution in [3.05, 3.63) is 0 Å². The average molecular weight is 651 g/mol. The molecule has 0 aromatic carbocycles. The molecule has 2 N–H and O–H groups in total. The molecule has 0 aromatic rings. The molecule has 0 heterocycles. The molecule has 46 heavy (non-hydrogen) atoms. The van der Waals surface area contributed by atoms with Crippen molar-refractivity contribution in [1.82, 2.24) is 10.6 Å². The molecule has 3 aliphatic rings. The van der Waals surface area contributed by atoms with Gasteiger partial charge in [0.25, 0.3) is 0 Å². The molecule has 10 heteroatoms. The summed E-state index contributed by atoms with van der Waals surface area (Å²) in [7, 11) is 0. The molecule has 2 unspecified atom stereocenters. The van der Waals surface area contributed by atoms with Gasteiger partial charge in [-0.2, -0.15) is 0 Å². The number of hydrogen-bond acceptors (Lipinski definition) is 8. The van der Waals surface area contributed by atoms with Crippen molar-refractivity contribution in [2.75, 3.05) is 39.5 Å². The van der Waals surface area contributed by atoms with Gasteiger partial charge >= 0.3 is 24.1 Å². The Hall–Kier alpha value is -2.52. The van der Waals surface area contributed by atoms with Gasteiger partial charge in [-0.25, -0.2) is 9.59 Å². The van der Waals surface area contributed by atoms with Crippen LogP contribution < -0.4 is 10.6 Å². The lowest BCUT2D eigenvalue weighted by Crippen LogP contribution is -2.44. The summed E-state index contributed by atoms with van der Waals surface area (Å²) in [6.45, 7) is 8.54. The van der Waals surface area contributed by atoms with Gasteiger partial charge in [-0.1, -0.05) is 72.1 Å². The Kier molecular flexibility index (Phi) is 16.5. The van der Waals surface area contributed by atoms with Crippen LogP contribution in [-0.4, -0.2) is 63.6 Å². The molecular formula is C36H62N2O8. The van der Waals surface area contributed by atoms with E-state index in [-0.39, 0.29) is 55.1 Å². The van der Waals surface area contributed by atoms with E-state index in [1.807, 2.05) is 0 Å². The van der Waals surface area contributed by atoms with Crippen LogP contribution in [0.5, 0.6) is 0 Å². The largest absolute Gasteiger partial charge is 0.466 e. The van der Waals surface area contributed by atoms with E-state index in [1.54, 1.807) is 0 Å². The van der Waals surface area contributed by atoms with E-state index >= 15 is 0 Å². The van der Waals surface area contributed by atoms with Crippen molar-refractivity contribution < 1.29 is 38.1 Å². The zero-order chi connectivity index (χ0) is 33.3. The molecule has 10 nitrogen and oxygen atoms in total. The Bertz CT molecular complexity index is 944. The number of ether oxygens (including phenoxy) is 4. The number of carbonyl (C=O) groups is 4. The topological polar surface area (TPSA) is 129 Å². The second-order valence-corrected chi connectivity index (χ2v) is 15.3. The smallest absolute Gasteiger partial charge is 0.407 e.